The standard InChI is InChI=1S/C13H18N4O4.C8H10N4O2/c1-13(2,3)21-12(18)17-11-15-9(19-4)8(6-7-14)10(16-11)20-5;1-13-6-5(3-4-9)7(14-2)12-8(10)11-6/h6H2,1-5H3,(H,15,16,17,18);3H2,1-2H3,(H2,10,11,12). The van der Waals surface area contributed by atoms with Crippen LogP contribution in [0.25, 0.3) is 0 Å². The Kier molecular flexibility index (Phi) is 10.7. The fraction of sp³-hybridized carbons (Fsp3) is 0.476. The number of anilines is 2. The molecular formula is C21H28N8O6. The van der Waals surface area contributed by atoms with Gasteiger partial charge in [0.25, 0.3) is 0 Å². The van der Waals surface area contributed by atoms with E-state index in [-0.39, 0.29) is 48.3 Å². The molecule has 0 aliphatic carbocycles. The second kappa shape index (κ2) is 13.2. The molecule has 2 aromatic heterocycles. The molecule has 0 saturated carbocycles. The third-order valence-corrected chi connectivity index (χ3v) is 3.78. The molecule has 2 aromatic rings. The predicted molar refractivity (Wildman–Crippen MR) is 123 cm³/mol. The number of carbonyl (C=O) groups excluding carboxylic acids is 1. The summed E-state index contributed by atoms with van der Waals surface area (Å²) in [7, 11) is 5.70. The van der Waals surface area contributed by atoms with E-state index >= 15 is 0 Å². The molecule has 14 nitrogen and oxygen atoms in total. The van der Waals surface area contributed by atoms with Crippen LogP contribution >= 0.6 is 0 Å². The summed E-state index contributed by atoms with van der Waals surface area (Å²) >= 11 is 0. The van der Waals surface area contributed by atoms with Crippen LogP contribution in [-0.4, -0.2) is 60.1 Å². The van der Waals surface area contributed by atoms with Gasteiger partial charge < -0.3 is 29.4 Å². The fourth-order valence-electron chi connectivity index (χ4n) is 2.49. The van der Waals surface area contributed by atoms with Gasteiger partial charge in [-0.1, -0.05) is 0 Å². The molecule has 188 valence electrons. The summed E-state index contributed by atoms with van der Waals surface area (Å²) in [6.07, 6.45) is -0.550. The maximum absolute atomic E-state index is 11.7. The molecule has 0 atom stereocenters. The molecular weight excluding hydrogens is 460 g/mol. The second-order valence-corrected chi connectivity index (χ2v) is 7.42. The number of ether oxygens (including phenoxy) is 5. The van der Waals surface area contributed by atoms with Crippen molar-refractivity contribution in [3.8, 4) is 35.7 Å². The van der Waals surface area contributed by atoms with Gasteiger partial charge in [0, 0.05) is 0 Å². The number of nitrogens with two attached hydrogens (primary N) is 1. The summed E-state index contributed by atoms with van der Waals surface area (Å²) in [5.74, 6) is 0.899. The van der Waals surface area contributed by atoms with Gasteiger partial charge in [0.2, 0.25) is 35.4 Å². The minimum absolute atomic E-state index is 0.0268. The van der Waals surface area contributed by atoms with Crippen LogP contribution in [0.5, 0.6) is 23.5 Å². The Balaban J connectivity index is 0.000000379. The zero-order chi connectivity index (χ0) is 26.6. The first-order valence-electron chi connectivity index (χ1n) is 10.0. The molecule has 14 heteroatoms. The highest BCUT2D eigenvalue weighted by Crippen LogP contribution is 2.27. The zero-order valence-corrected chi connectivity index (χ0v) is 20.6. The number of carbonyl (C=O) groups is 1. The van der Waals surface area contributed by atoms with Gasteiger partial charge in [0.15, 0.2) is 0 Å². The number of amides is 1. The van der Waals surface area contributed by atoms with Crippen LogP contribution in [0.3, 0.4) is 0 Å². The van der Waals surface area contributed by atoms with Crippen LogP contribution in [0.15, 0.2) is 0 Å². The minimum Gasteiger partial charge on any atom is -0.481 e. The summed E-state index contributed by atoms with van der Waals surface area (Å²) < 4.78 is 25.2. The fourth-order valence-corrected chi connectivity index (χ4v) is 2.49. The van der Waals surface area contributed by atoms with Gasteiger partial charge in [-0.2, -0.15) is 30.5 Å². The Bertz CT molecular complexity index is 1050. The third kappa shape index (κ3) is 8.70. The van der Waals surface area contributed by atoms with Gasteiger partial charge >= 0.3 is 6.09 Å². The van der Waals surface area contributed by atoms with Gasteiger partial charge in [-0.25, -0.2) is 4.79 Å². The summed E-state index contributed by atoms with van der Waals surface area (Å²) in [6.45, 7) is 5.22. The second-order valence-electron chi connectivity index (χ2n) is 7.42. The van der Waals surface area contributed by atoms with E-state index in [0.717, 1.165) is 0 Å². The van der Waals surface area contributed by atoms with Crippen molar-refractivity contribution in [3.05, 3.63) is 11.1 Å². The molecule has 1 amide bonds. The largest absolute Gasteiger partial charge is 0.481 e. The minimum atomic E-state index is -0.695. The summed E-state index contributed by atoms with van der Waals surface area (Å²) in [4.78, 5) is 27.4. The zero-order valence-electron chi connectivity index (χ0n) is 20.6. The highest BCUT2D eigenvalue weighted by molar-refractivity contribution is 5.82. The number of hydrogen-bond acceptors (Lipinski definition) is 13. The number of rotatable bonds is 7. The topological polar surface area (TPSA) is 200 Å². The Labute approximate surface area is 203 Å². The summed E-state index contributed by atoms with van der Waals surface area (Å²) in [5.41, 5.74) is 5.69. The highest BCUT2D eigenvalue weighted by Gasteiger charge is 2.20. The van der Waals surface area contributed by atoms with Crippen molar-refractivity contribution in [3.63, 3.8) is 0 Å². The number of aromatic nitrogens is 4. The molecule has 0 aromatic carbocycles. The number of nitrogen functional groups attached to an aromatic ring is 1. The van der Waals surface area contributed by atoms with E-state index < -0.39 is 11.7 Å². The monoisotopic (exact) mass is 488 g/mol. The molecule has 0 aliphatic heterocycles. The number of nitrogens with zero attached hydrogens (tertiary/aromatic N) is 6. The SMILES string of the molecule is COc1nc(N)nc(OC)c1CC#N.COc1nc(NC(=O)OC(C)(C)C)nc(OC)c1CC#N. The van der Waals surface area contributed by atoms with Crippen molar-refractivity contribution in [2.75, 3.05) is 39.5 Å². The van der Waals surface area contributed by atoms with E-state index in [9.17, 15) is 4.79 Å². The first-order chi connectivity index (χ1) is 16.5. The van der Waals surface area contributed by atoms with Crippen molar-refractivity contribution in [2.45, 2.75) is 39.2 Å². The molecule has 2 heterocycles. The molecule has 0 spiro atoms. The van der Waals surface area contributed by atoms with E-state index in [1.807, 2.05) is 12.1 Å². The van der Waals surface area contributed by atoms with Gasteiger partial charge in [0.1, 0.15) is 5.60 Å². The Hall–Kier alpha value is -4.59. The van der Waals surface area contributed by atoms with Crippen LogP contribution in [-0.2, 0) is 17.6 Å². The molecule has 2 rings (SSSR count). The molecule has 0 unspecified atom stereocenters. The van der Waals surface area contributed by atoms with Crippen LogP contribution in [0.1, 0.15) is 31.9 Å². The summed E-state index contributed by atoms with van der Waals surface area (Å²) in [6, 6.07) is 3.94. The lowest BCUT2D eigenvalue weighted by Gasteiger charge is -2.19. The van der Waals surface area contributed by atoms with Crippen molar-refractivity contribution in [1.29, 1.82) is 10.5 Å². The Morgan fingerprint density at radius 2 is 1.20 bits per heavy atom. The molecule has 35 heavy (non-hydrogen) atoms. The number of nitriles is 2. The van der Waals surface area contributed by atoms with Crippen LogP contribution in [0.2, 0.25) is 0 Å². The van der Waals surface area contributed by atoms with Crippen LogP contribution in [0, 0.1) is 22.7 Å². The van der Waals surface area contributed by atoms with Gasteiger partial charge in [-0.05, 0) is 20.8 Å². The van der Waals surface area contributed by atoms with Crippen molar-refractivity contribution >= 4 is 18.0 Å². The van der Waals surface area contributed by atoms with Crippen molar-refractivity contribution in [1.82, 2.24) is 19.9 Å². The highest BCUT2D eigenvalue weighted by atomic mass is 16.6. The van der Waals surface area contributed by atoms with E-state index in [4.69, 9.17) is 39.9 Å². The first-order valence-corrected chi connectivity index (χ1v) is 10.0. The number of methoxy groups -OCH3 is 4. The lowest BCUT2D eigenvalue weighted by molar-refractivity contribution is 0.0634. The van der Waals surface area contributed by atoms with Crippen molar-refractivity contribution < 1.29 is 28.5 Å². The maximum atomic E-state index is 11.7. The lowest BCUT2D eigenvalue weighted by atomic mass is 10.2. The van der Waals surface area contributed by atoms with Gasteiger partial charge in [0.05, 0.1) is 64.5 Å². The van der Waals surface area contributed by atoms with Gasteiger partial charge in [-0.15, -0.1) is 0 Å². The quantitative estimate of drug-likeness (QED) is 0.574. The van der Waals surface area contributed by atoms with E-state index in [2.05, 4.69) is 25.3 Å². The van der Waals surface area contributed by atoms with E-state index in [0.29, 0.717) is 11.1 Å². The molecule has 0 saturated heterocycles. The smallest absolute Gasteiger partial charge is 0.414 e. The molecule has 0 bridgehead atoms. The van der Waals surface area contributed by atoms with Crippen LogP contribution < -0.4 is 30.0 Å². The molecule has 3 N–H and O–H groups in total. The van der Waals surface area contributed by atoms with Crippen LogP contribution in [0.4, 0.5) is 16.7 Å². The van der Waals surface area contributed by atoms with Crippen molar-refractivity contribution in [2.24, 2.45) is 0 Å². The number of hydrogen-bond donors (Lipinski definition) is 2. The van der Waals surface area contributed by atoms with E-state index in [1.54, 1.807) is 20.8 Å². The van der Waals surface area contributed by atoms with E-state index in [1.165, 1.54) is 28.4 Å². The average Bonchev–Trinajstić information content (AvgIpc) is 2.79. The molecule has 0 radical (unpaired) electrons. The van der Waals surface area contributed by atoms with Gasteiger partial charge in [-0.3, -0.25) is 5.32 Å². The predicted octanol–water partition coefficient (Wildman–Crippen LogP) is 2.05. The maximum Gasteiger partial charge on any atom is 0.414 e. The normalized spacial score (nSPS) is 9.97. The Morgan fingerprint density at radius 1 is 0.829 bits per heavy atom. The Morgan fingerprint density at radius 3 is 1.51 bits per heavy atom. The lowest BCUT2D eigenvalue weighted by Crippen LogP contribution is -2.28. The molecule has 0 fully saturated rings. The molecule has 0 aliphatic rings. The average molecular weight is 489 g/mol. The first kappa shape index (κ1) is 28.4. The third-order valence-electron chi connectivity index (χ3n) is 3.78. The number of nitrogens with one attached hydrogen (secondary N) is 1. The summed E-state index contributed by atoms with van der Waals surface area (Å²) in [5, 5.41) is 19.8.